The van der Waals surface area contributed by atoms with E-state index < -0.39 is 0 Å². The van der Waals surface area contributed by atoms with Crippen molar-refractivity contribution in [1.29, 1.82) is 0 Å². The number of H-pyrrole nitrogens is 1. The van der Waals surface area contributed by atoms with Crippen LogP contribution in [0.1, 0.15) is 17.4 Å². The van der Waals surface area contributed by atoms with Gasteiger partial charge in [-0.3, -0.25) is 4.79 Å². The zero-order chi connectivity index (χ0) is 16.8. The summed E-state index contributed by atoms with van der Waals surface area (Å²) in [5.41, 5.74) is 0.278. The Kier molecular flexibility index (Phi) is 10.8. The van der Waals surface area contributed by atoms with E-state index in [1.807, 2.05) is 0 Å². The van der Waals surface area contributed by atoms with E-state index >= 15 is 0 Å². The van der Waals surface area contributed by atoms with Gasteiger partial charge in [-0.2, -0.15) is 4.68 Å². The van der Waals surface area contributed by atoms with Crippen LogP contribution >= 0.6 is 0 Å². The van der Waals surface area contributed by atoms with Gasteiger partial charge in [-0.1, -0.05) is 5.21 Å². The van der Waals surface area contributed by atoms with Crippen LogP contribution < -0.4 is 4.68 Å². The highest BCUT2D eigenvalue weighted by Crippen LogP contribution is 1.91. The fraction of sp³-hybridized carbons (Fsp3) is 0.714. The first-order chi connectivity index (χ1) is 11.3. The second kappa shape index (κ2) is 12.8. The quantitative estimate of drug-likeness (QED) is 0.301. The summed E-state index contributed by atoms with van der Waals surface area (Å²) in [4.78, 5) is 15.1. The summed E-state index contributed by atoms with van der Waals surface area (Å²) in [6.07, 6.45) is 3.04. The standard InChI is InChI=1S/C14H24N4O5/c1-3-15-14(19)13-12-18(17-16-13)4-5-21-8-9-23-11-10-22-7-6-20-2/h3,12H,4-11H2,1-2H3/p+1. The first kappa shape index (κ1) is 19.4. The Labute approximate surface area is 135 Å². The Morgan fingerprint density at radius 1 is 1.17 bits per heavy atom. The predicted molar refractivity (Wildman–Crippen MR) is 81.6 cm³/mol. The van der Waals surface area contributed by atoms with Crippen molar-refractivity contribution in [3.8, 4) is 0 Å². The van der Waals surface area contributed by atoms with Crippen molar-refractivity contribution in [3.63, 3.8) is 0 Å². The molecule has 0 radical (unpaired) electrons. The molecule has 130 valence electrons. The molecule has 0 atom stereocenters. The molecule has 1 aromatic heterocycles. The number of hydrogen-bond donors (Lipinski definition) is 1. The molecule has 1 amide bonds. The number of carbonyl (C=O) groups excluding carboxylic acids is 1. The zero-order valence-electron chi connectivity index (χ0n) is 13.7. The van der Waals surface area contributed by atoms with Crippen LogP contribution in [0.3, 0.4) is 0 Å². The van der Waals surface area contributed by atoms with E-state index in [1.54, 1.807) is 24.9 Å². The van der Waals surface area contributed by atoms with Crippen molar-refractivity contribution in [3.05, 3.63) is 11.9 Å². The van der Waals surface area contributed by atoms with Gasteiger partial charge in [0.15, 0.2) is 6.20 Å². The molecule has 1 N–H and O–H groups in total. The molecule has 0 unspecified atom stereocenters. The molecule has 0 aliphatic carbocycles. The lowest BCUT2D eigenvalue weighted by Gasteiger charge is -2.05. The Balaban J connectivity index is 1.98. The molecule has 0 spiro atoms. The maximum absolute atomic E-state index is 11.5. The van der Waals surface area contributed by atoms with Crippen molar-refractivity contribution in [1.82, 2.24) is 10.3 Å². The van der Waals surface area contributed by atoms with E-state index in [4.69, 9.17) is 18.9 Å². The summed E-state index contributed by atoms with van der Waals surface area (Å²) < 4.78 is 22.6. The van der Waals surface area contributed by atoms with Crippen LogP contribution in [0.25, 0.3) is 0 Å². The molecule has 1 rings (SSSR count). The average molecular weight is 329 g/mol. The first-order valence-electron chi connectivity index (χ1n) is 7.48. The minimum absolute atomic E-state index is 0.278. The average Bonchev–Trinajstić information content (AvgIpc) is 3.02. The van der Waals surface area contributed by atoms with E-state index in [2.05, 4.69) is 15.3 Å². The van der Waals surface area contributed by atoms with Crippen molar-refractivity contribution >= 4 is 12.1 Å². The molecule has 1 heterocycles. The number of hydrogen-bond acceptors (Lipinski definition) is 6. The van der Waals surface area contributed by atoms with Gasteiger partial charge < -0.3 is 18.9 Å². The van der Waals surface area contributed by atoms with Crippen LogP contribution in [0.15, 0.2) is 11.2 Å². The van der Waals surface area contributed by atoms with Gasteiger partial charge in [-0.05, 0) is 6.92 Å². The van der Waals surface area contributed by atoms with Crippen LogP contribution in [-0.2, 0) is 25.5 Å². The Morgan fingerprint density at radius 3 is 2.39 bits per heavy atom. The number of nitrogens with one attached hydrogen (secondary N) is 1. The number of ether oxygens (including phenoxy) is 4. The second-order valence-electron chi connectivity index (χ2n) is 4.44. The summed E-state index contributed by atoms with van der Waals surface area (Å²) in [7, 11) is 1.64. The van der Waals surface area contributed by atoms with Crippen LogP contribution in [0.2, 0.25) is 0 Å². The molecular weight excluding hydrogens is 304 g/mol. The van der Waals surface area contributed by atoms with Crippen molar-refractivity contribution < 1.29 is 28.4 Å². The second-order valence-corrected chi connectivity index (χ2v) is 4.44. The van der Waals surface area contributed by atoms with Crippen LogP contribution in [0, 0.1) is 0 Å². The van der Waals surface area contributed by atoms with E-state index in [0.29, 0.717) is 52.8 Å². The van der Waals surface area contributed by atoms with Gasteiger partial charge in [-0.25, -0.2) is 4.99 Å². The van der Waals surface area contributed by atoms with E-state index in [-0.39, 0.29) is 11.6 Å². The topological polar surface area (TPSA) is 98.9 Å². The van der Waals surface area contributed by atoms with Gasteiger partial charge >= 0.3 is 11.6 Å². The molecule has 0 bridgehead atoms. The number of nitrogens with zero attached hydrogens (tertiary/aromatic N) is 3. The lowest BCUT2D eigenvalue weighted by Crippen LogP contribution is -2.37. The molecule has 0 aromatic carbocycles. The minimum atomic E-state index is -0.371. The number of methoxy groups -OCH3 is 1. The van der Waals surface area contributed by atoms with Gasteiger partial charge in [-0.15, -0.1) is 0 Å². The summed E-state index contributed by atoms with van der Waals surface area (Å²) in [6, 6.07) is 0. The van der Waals surface area contributed by atoms with Crippen molar-refractivity contribution in [2.75, 3.05) is 53.4 Å². The third kappa shape index (κ3) is 9.14. The number of aromatic nitrogens is 3. The van der Waals surface area contributed by atoms with Gasteiger partial charge in [0.05, 0.1) is 51.3 Å². The van der Waals surface area contributed by atoms with Crippen LogP contribution in [-0.4, -0.2) is 75.8 Å². The van der Waals surface area contributed by atoms with Gasteiger partial charge in [0.1, 0.15) is 6.54 Å². The summed E-state index contributed by atoms with van der Waals surface area (Å²) in [5.74, 6) is -0.371. The number of aromatic amines is 1. The smallest absolute Gasteiger partial charge is 0.327 e. The third-order valence-electron chi connectivity index (χ3n) is 2.69. The monoisotopic (exact) mass is 329 g/mol. The highest BCUT2D eigenvalue weighted by molar-refractivity contribution is 5.96. The van der Waals surface area contributed by atoms with Crippen molar-refractivity contribution in [2.24, 2.45) is 4.99 Å². The summed E-state index contributed by atoms with van der Waals surface area (Å²) >= 11 is 0. The van der Waals surface area contributed by atoms with Gasteiger partial charge in [0, 0.05) is 13.3 Å². The molecule has 0 fully saturated rings. The normalized spacial score (nSPS) is 11.4. The molecular formula is C14H25N4O5+. The van der Waals surface area contributed by atoms with Gasteiger partial charge in [0.2, 0.25) is 0 Å². The number of aliphatic imine (C=N–C) groups is 1. The van der Waals surface area contributed by atoms with Crippen molar-refractivity contribution in [2.45, 2.75) is 13.5 Å². The number of carbonyl (C=O) groups is 1. The van der Waals surface area contributed by atoms with E-state index in [1.165, 1.54) is 6.21 Å². The summed E-state index contributed by atoms with van der Waals surface area (Å²) in [5, 5.41) is 6.59. The predicted octanol–water partition coefficient (Wildman–Crippen LogP) is -0.376. The first-order valence-corrected chi connectivity index (χ1v) is 7.48. The molecule has 9 heteroatoms. The lowest BCUT2D eigenvalue weighted by atomic mass is 10.4. The highest BCUT2D eigenvalue weighted by Gasteiger charge is 2.16. The highest BCUT2D eigenvalue weighted by atomic mass is 16.6. The maximum Gasteiger partial charge on any atom is 0.327 e. The minimum Gasteiger partial charge on any atom is -0.382 e. The zero-order valence-corrected chi connectivity index (χ0v) is 13.7. The molecule has 0 aliphatic heterocycles. The van der Waals surface area contributed by atoms with E-state index in [0.717, 1.165) is 0 Å². The Bertz CT molecular complexity index is 464. The molecule has 0 aliphatic rings. The fourth-order valence-electron chi connectivity index (χ4n) is 1.57. The SMILES string of the molecule is CC=NC(=O)c1c[n+](CCOCCOCCOCCOC)[nH]n1. The number of rotatable bonds is 13. The maximum atomic E-state index is 11.5. The third-order valence-corrected chi connectivity index (χ3v) is 2.69. The molecule has 1 aromatic rings. The van der Waals surface area contributed by atoms with E-state index in [9.17, 15) is 4.79 Å². The Hall–Kier alpha value is -1.68. The molecule has 0 saturated heterocycles. The van der Waals surface area contributed by atoms with Crippen LogP contribution in [0.4, 0.5) is 0 Å². The Morgan fingerprint density at radius 2 is 1.78 bits per heavy atom. The molecule has 23 heavy (non-hydrogen) atoms. The summed E-state index contributed by atoms with van der Waals surface area (Å²) in [6.45, 7) is 5.99. The van der Waals surface area contributed by atoms with Crippen LogP contribution in [0.5, 0.6) is 0 Å². The lowest BCUT2D eigenvalue weighted by molar-refractivity contribution is -0.754. The van der Waals surface area contributed by atoms with Gasteiger partial charge in [0.25, 0.3) is 0 Å². The number of amides is 1. The molecule has 0 saturated carbocycles. The fourth-order valence-corrected chi connectivity index (χ4v) is 1.57. The largest absolute Gasteiger partial charge is 0.382 e. The molecule has 9 nitrogen and oxygen atoms in total.